The summed E-state index contributed by atoms with van der Waals surface area (Å²) in [6.45, 7) is 0.487. The molecule has 0 radical (unpaired) electrons. The molecule has 0 fully saturated rings. The fourth-order valence-electron chi connectivity index (χ4n) is 0.701. The van der Waals surface area contributed by atoms with E-state index >= 15 is 0 Å². The van der Waals surface area contributed by atoms with Gasteiger partial charge in [0, 0.05) is 13.0 Å². The highest BCUT2D eigenvalue weighted by molar-refractivity contribution is 5.85. The van der Waals surface area contributed by atoms with Crippen LogP contribution in [0.15, 0.2) is 0 Å². The summed E-state index contributed by atoms with van der Waals surface area (Å²) < 4.78 is 0. The predicted octanol–water partition coefficient (Wildman–Crippen LogP) is 1.76. The molecule has 0 unspecified atom stereocenters. The second-order valence-electron chi connectivity index (χ2n) is 2.20. The van der Waals surface area contributed by atoms with Crippen molar-refractivity contribution >= 4 is 18.5 Å². The molecule has 0 saturated heterocycles. The van der Waals surface area contributed by atoms with Crippen molar-refractivity contribution in [2.45, 2.75) is 25.7 Å². The number of rotatable bonds is 5. The maximum absolute atomic E-state index is 9.92. The van der Waals surface area contributed by atoms with E-state index in [-0.39, 0.29) is 12.4 Å². The molecule has 0 bridgehead atoms. The van der Waals surface area contributed by atoms with Gasteiger partial charge < -0.3 is 10.4 Å². The topological polar surface area (TPSA) is 73.1 Å². The Kier molecular flexibility index (Phi) is 11.4. The molecule has 70 valence electrons. The van der Waals surface area contributed by atoms with Crippen LogP contribution < -0.4 is 5.32 Å². The van der Waals surface area contributed by atoms with E-state index in [9.17, 15) is 4.79 Å². The van der Waals surface area contributed by atoms with E-state index < -0.39 is 6.09 Å². The highest BCUT2D eigenvalue weighted by atomic mass is 35.5. The van der Waals surface area contributed by atoms with Crippen LogP contribution in [0.1, 0.15) is 25.7 Å². The van der Waals surface area contributed by atoms with Crippen LogP contribution in [0.5, 0.6) is 0 Å². The Labute approximate surface area is 78.0 Å². The molecule has 0 heterocycles. The van der Waals surface area contributed by atoms with Gasteiger partial charge in [-0.15, -0.1) is 12.4 Å². The van der Waals surface area contributed by atoms with Crippen LogP contribution in [-0.2, 0) is 0 Å². The Morgan fingerprint density at radius 2 is 2.08 bits per heavy atom. The summed E-state index contributed by atoms with van der Waals surface area (Å²) in [5.74, 6) is 0. The highest BCUT2D eigenvalue weighted by Crippen LogP contribution is 1.96. The van der Waals surface area contributed by atoms with Crippen molar-refractivity contribution < 1.29 is 9.90 Å². The number of amides is 1. The first-order chi connectivity index (χ1) is 5.27. The lowest BCUT2D eigenvalue weighted by molar-refractivity contribution is 0.194. The van der Waals surface area contributed by atoms with Gasteiger partial charge in [-0.25, -0.2) is 4.79 Å². The van der Waals surface area contributed by atoms with Crippen LogP contribution in [0.3, 0.4) is 0 Å². The Morgan fingerprint density at radius 1 is 1.42 bits per heavy atom. The Balaban J connectivity index is 0. The Hall–Kier alpha value is -0.950. The number of hydrogen-bond acceptors (Lipinski definition) is 2. The van der Waals surface area contributed by atoms with Crippen molar-refractivity contribution in [3.05, 3.63) is 0 Å². The molecule has 0 aromatic heterocycles. The molecule has 0 aliphatic heterocycles. The molecule has 0 aliphatic rings. The van der Waals surface area contributed by atoms with Gasteiger partial charge in [-0.1, -0.05) is 6.42 Å². The monoisotopic (exact) mass is 192 g/mol. The summed E-state index contributed by atoms with van der Waals surface area (Å²) >= 11 is 0. The molecule has 4 nitrogen and oxygen atoms in total. The molecule has 5 heteroatoms. The molecule has 0 aromatic carbocycles. The van der Waals surface area contributed by atoms with Crippen molar-refractivity contribution in [3.63, 3.8) is 0 Å². The van der Waals surface area contributed by atoms with Gasteiger partial charge in [-0.2, -0.15) is 5.26 Å². The Morgan fingerprint density at radius 3 is 2.58 bits per heavy atom. The lowest BCUT2D eigenvalue weighted by Crippen LogP contribution is -2.21. The molecular weight excluding hydrogens is 180 g/mol. The molecule has 2 N–H and O–H groups in total. The van der Waals surface area contributed by atoms with E-state index in [1.54, 1.807) is 0 Å². The van der Waals surface area contributed by atoms with E-state index in [4.69, 9.17) is 10.4 Å². The van der Waals surface area contributed by atoms with Crippen molar-refractivity contribution in [3.8, 4) is 6.07 Å². The molecular formula is C7H13ClN2O2. The van der Waals surface area contributed by atoms with Gasteiger partial charge in [0.15, 0.2) is 0 Å². The van der Waals surface area contributed by atoms with Crippen molar-refractivity contribution in [1.29, 1.82) is 5.26 Å². The minimum atomic E-state index is -0.981. The minimum absolute atomic E-state index is 0. The van der Waals surface area contributed by atoms with Crippen molar-refractivity contribution in [1.82, 2.24) is 5.32 Å². The van der Waals surface area contributed by atoms with Gasteiger partial charge in [0.05, 0.1) is 6.07 Å². The van der Waals surface area contributed by atoms with Crippen LogP contribution >= 0.6 is 12.4 Å². The van der Waals surface area contributed by atoms with E-state index in [0.29, 0.717) is 13.0 Å². The van der Waals surface area contributed by atoms with Crippen LogP contribution in [0.2, 0.25) is 0 Å². The second-order valence-corrected chi connectivity index (χ2v) is 2.20. The van der Waals surface area contributed by atoms with Gasteiger partial charge in [-0.3, -0.25) is 0 Å². The summed E-state index contributed by atoms with van der Waals surface area (Å²) in [5, 5.41) is 18.6. The molecule has 0 aliphatic carbocycles. The smallest absolute Gasteiger partial charge is 0.404 e. The first kappa shape index (κ1) is 13.6. The molecule has 0 atom stereocenters. The quantitative estimate of drug-likeness (QED) is 0.652. The number of nitrogens with one attached hydrogen (secondary N) is 1. The van der Waals surface area contributed by atoms with E-state index in [1.807, 2.05) is 6.07 Å². The van der Waals surface area contributed by atoms with Crippen molar-refractivity contribution in [2.75, 3.05) is 6.54 Å². The molecule has 12 heavy (non-hydrogen) atoms. The van der Waals surface area contributed by atoms with E-state index in [2.05, 4.69) is 5.32 Å². The minimum Gasteiger partial charge on any atom is -0.465 e. The van der Waals surface area contributed by atoms with Gasteiger partial charge in [-0.05, 0) is 12.8 Å². The zero-order chi connectivity index (χ0) is 8.53. The van der Waals surface area contributed by atoms with Crippen LogP contribution in [0.25, 0.3) is 0 Å². The SMILES string of the molecule is Cl.N#CCCCCCNC(=O)O. The van der Waals surface area contributed by atoms with Gasteiger partial charge in [0.25, 0.3) is 0 Å². The molecule has 0 aromatic rings. The Bertz CT molecular complexity index is 156. The maximum Gasteiger partial charge on any atom is 0.404 e. The summed E-state index contributed by atoms with van der Waals surface area (Å²) in [4.78, 5) is 9.92. The van der Waals surface area contributed by atoms with Crippen LogP contribution in [0, 0.1) is 11.3 Å². The largest absolute Gasteiger partial charge is 0.465 e. The highest BCUT2D eigenvalue weighted by Gasteiger charge is 1.92. The summed E-state index contributed by atoms with van der Waals surface area (Å²) in [5.41, 5.74) is 0. The van der Waals surface area contributed by atoms with Crippen LogP contribution in [0.4, 0.5) is 4.79 Å². The van der Waals surface area contributed by atoms with Gasteiger partial charge >= 0.3 is 6.09 Å². The first-order valence-corrected chi connectivity index (χ1v) is 3.61. The maximum atomic E-state index is 9.92. The lowest BCUT2D eigenvalue weighted by Gasteiger charge is -1.97. The number of unbranched alkanes of at least 4 members (excludes halogenated alkanes) is 3. The number of carboxylic acid groups (broad SMARTS) is 1. The molecule has 0 rings (SSSR count). The number of carbonyl (C=O) groups is 1. The fraction of sp³-hybridized carbons (Fsp3) is 0.714. The third-order valence-electron chi connectivity index (χ3n) is 1.24. The molecule has 0 saturated carbocycles. The number of nitrogens with zero attached hydrogens (tertiary/aromatic N) is 1. The summed E-state index contributed by atoms with van der Waals surface area (Å²) in [6, 6.07) is 2.03. The number of hydrogen-bond donors (Lipinski definition) is 2. The molecule has 1 amide bonds. The van der Waals surface area contributed by atoms with E-state index in [0.717, 1.165) is 19.3 Å². The standard InChI is InChI=1S/C7H12N2O2.ClH/c8-5-3-1-2-4-6-9-7(10)11;/h9H,1-4,6H2,(H,10,11);1H. The second kappa shape index (κ2) is 10.0. The average Bonchev–Trinajstić information content (AvgIpc) is 1.96. The number of nitriles is 1. The predicted molar refractivity (Wildman–Crippen MR) is 47.4 cm³/mol. The first-order valence-electron chi connectivity index (χ1n) is 3.61. The third kappa shape index (κ3) is 11.8. The zero-order valence-electron chi connectivity index (χ0n) is 6.75. The molecule has 0 spiro atoms. The van der Waals surface area contributed by atoms with Gasteiger partial charge in [0.2, 0.25) is 0 Å². The average molecular weight is 193 g/mol. The van der Waals surface area contributed by atoms with E-state index in [1.165, 1.54) is 0 Å². The van der Waals surface area contributed by atoms with Crippen LogP contribution in [-0.4, -0.2) is 17.7 Å². The zero-order valence-corrected chi connectivity index (χ0v) is 7.56. The van der Waals surface area contributed by atoms with Crippen molar-refractivity contribution in [2.24, 2.45) is 0 Å². The lowest BCUT2D eigenvalue weighted by atomic mass is 10.2. The fourth-order valence-corrected chi connectivity index (χ4v) is 0.701. The normalized spacial score (nSPS) is 7.92. The summed E-state index contributed by atoms with van der Waals surface area (Å²) in [6.07, 6.45) is 2.16. The third-order valence-corrected chi connectivity index (χ3v) is 1.24. The number of halogens is 1. The van der Waals surface area contributed by atoms with Gasteiger partial charge in [0.1, 0.15) is 0 Å². The summed E-state index contributed by atoms with van der Waals surface area (Å²) in [7, 11) is 0.